The Kier molecular flexibility index (Phi) is 5.74. The van der Waals surface area contributed by atoms with Crippen molar-refractivity contribution < 1.29 is 31.6 Å². The van der Waals surface area contributed by atoms with Crippen molar-refractivity contribution in [2.45, 2.75) is 4.90 Å². The van der Waals surface area contributed by atoms with E-state index >= 15 is 0 Å². The van der Waals surface area contributed by atoms with Gasteiger partial charge in [-0.1, -0.05) is 24.3 Å². The first-order valence-corrected chi connectivity index (χ1v) is 10.9. The number of halogens is 1. The highest BCUT2D eigenvalue weighted by Crippen LogP contribution is 2.20. The van der Waals surface area contributed by atoms with Gasteiger partial charge >= 0.3 is 5.97 Å². The molecule has 0 saturated carbocycles. The highest BCUT2D eigenvalue weighted by atomic mass is 32.2. The fraction of sp³-hybridized carbons (Fsp3) is 0.0435. The van der Waals surface area contributed by atoms with E-state index in [1.54, 1.807) is 30.3 Å². The van der Waals surface area contributed by atoms with Crippen LogP contribution < -0.4 is 4.72 Å². The summed E-state index contributed by atoms with van der Waals surface area (Å²) < 4.78 is 50.9. The zero-order valence-electron chi connectivity index (χ0n) is 16.4. The van der Waals surface area contributed by atoms with Crippen molar-refractivity contribution in [3.05, 3.63) is 96.0 Å². The standard InChI is InChI=1S/C23H16FNO6S/c24-17-8-10-18(11-9-17)25-32(28,29)19-6-3-5-16(12-19)23(27)30-14-20(26)22-13-15-4-1-2-7-21(15)31-22/h1-13,25H,14H2. The molecular weight excluding hydrogens is 437 g/mol. The number of ketones is 1. The second-order valence-corrected chi connectivity index (χ2v) is 8.47. The van der Waals surface area contributed by atoms with Gasteiger partial charge in [-0.2, -0.15) is 0 Å². The van der Waals surface area contributed by atoms with Crippen LogP contribution in [0.25, 0.3) is 11.0 Å². The van der Waals surface area contributed by atoms with Crippen LogP contribution >= 0.6 is 0 Å². The molecule has 0 atom stereocenters. The minimum Gasteiger partial charge on any atom is -0.454 e. The van der Waals surface area contributed by atoms with Gasteiger partial charge in [-0.3, -0.25) is 9.52 Å². The number of carbonyl (C=O) groups excluding carboxylic acids is 2. The summed E-state index contributed by atoms with van der Waals surface area (Å²) in [6.07, 6.45) is 0. The molecule has 1 N–H and O–H groups in total. The van der Waals surface area contributed by atoms with E-state index in [2.05, 4.69) is 4.72 Å². The maximum atomic E-state index is 13.0. The first-order chi connectivity index (χ1) is 15.3. The average Bonchev–Trinajstić information content (AvgIpc) is 3.23. The number of fused-ring (bicyclic) bond motifs is 1. The summed E-state index contributed by atoms with van der Waals surface area (Å²) in [5.41, 5.74) is 0.647. The number of benzene rings is 3. The third kappa shape index (κ3) is 4.68. The molecule has 0 radical (unpaired) electrons. The lowest BCUT2D eigenvalue weighted by molar-refractivity contribution is 0.0468. The predicted molar refractivity (Wildman–Crippen MR) is 114 cm³/mol. The van der Waals surface area contributed by atoms with Crippen LogP contribution in [0.3, 0.4) is 0 Å². The molecule has 0 spiro atoms. The minimum atomic E-state index is -4.03. The number of carbonyl (C=O) groups is 2. The molecule has 0 saturated heterocycles. The number of sulfonamides is 1. The lowest BCUT2D eigenvalue weighted by Gasteiger charge is -2.09. The molecule has 0 unspecified atom stereocenters. The van der Waals surface area contributed by atoms with Gasteiger partial charge in [0.1, 0.15) is 11.4 Å². The molecule has 3 aromatic carbocycles. The number of nitrogens with one attached hydrogen (secondary N) is 1. The van der Waals surface area contributed by atoms with Crippen molar-refractivity contribution in [3.8, 4) is 0 Å². The normalized spacial score (nSPS) is 11.3. The van der Waals surface area contributed by atoms with Gasteiger partial charge in [0.15, 0.2) is 12.4 Å². The van der Waals surface area contributed by atoms with Crippen LogP contribution in [0.1, 0.15) is 20.9 Å². The minimum absolute atomic E-state index is 0.0515. The summed E-state index contributed by atoms with van der Waals surface area (Å²) in [4.78, 5) is 24.5. The van der Waals surface area contributed by atoms with Gasteiger partial charge in [-0.25, -0.2) is 17.6 Å². The Balaban J connectivity index is 1.44. The predicted octanol–water partition coefficient (Wildman–Crippen LogP) is 4.41. The van der Waals surface area contributed by atoms with Crippen molar-refractivity contribution in [2.75, 3.05) is 11.3 Å². The number of hydrogen-bond acceptors (Lipinski definition) is 6. The molecule has 4 rings (SSSR count). The number of rotatable bonds is 7. The van der Waals surface area contributed by atoms with Gasteiger partial charge < -0.3 is 9.15 Å². The first kappa shape index (κ1) is 21.3. The van der Waals surface area contributed by atoms with Gasteiger partial charge in [0.05, 0.1) is 10.5 Å². The summed E-state index contributed by atoms with van der Waals surface area (Å²) in [5.74, 6) is -1.85. The van der Waals surface area contributed by atoms with Crippen molar-refractivity contribution in [1.82, 2.24) is 0 Å². The maximum Gasteiger partial charge on any atom is 0.338 e. The fourth-order valence-corrected chi connectivity index (χ4v) is 4.03. The molecular formula is C23H16FNO6S. The van der Waals surface area contributed by atoms with E-state index in [0.29, 0.717) is 5.58 Å². The molecule has 4 aromatic rings. The Labute approximate surface area is 182 Å². The average molecular weight is 453 g/mol. The zero-order chi connectivity index (χ0) is 22.7. The van der Waals surface area contributed by atoms with Gasteiger partial charge in [-0.05, 0) is 54.6 Å². The van der Waals surface area contributed by atoms with E-state index in [1.807, 2.05) is 0 Å². The second kappa shape index (κ2) is 8.64. The van der Waals surface area contributed by atoms with Crippen LogP contribution in [-0.4, -0.2) is 26.8 Å². The molecule has 1 heterocycles. The Bertz CT molecular complexity index is 1380. The van der Waals surface area contributed by atoms with Crippen molar-refractivity contribution >= 4 is 38.4 Å². The molecule has 1 aromatic heterocycles. The van der Waals surface area contributed by atoms with E-state index in [0.717, 1.165) is 23.6 Å². The van der Waals surface area contributed by atoms with Gasteiger partial charge in [-0.15, -0.1) is 0 Å². The van der Waals surface area contributed by atoms with Crippen molar-refractivity contribution in [1.29, 1.82) is 0 Å². The SMILES string of the molecule is O=C(OCC(=O)c1cc2ccccc2o1)c1cccc(S(=O)(=O)Nc2ccc(F)cc2)c1. The Morgan fingerprint density at radius 2 is 1.69 bits per heavy atom. The number of para-hydroxylation sites is 1. The van der Waals surface area contributed by atoms with Crippen molar-refractivity contribution in [2.24, 2.45) is 0 Å². The largest absolute Gasteiger partial charge is 0.454 e. The second-order valence-electron chi connectivity index (χ2n) is 6.79. The molecule has 162 valence electrons. The Morgan fingerprint density at radius 1 is 0.938 bits per heavy atom. The Morgan fingerprint density at radius 3 is 2.44 bits per heavy atom. The Hall–Kier alpha value is -3.98. The zero-order valence-corrected chi connectivity index (χ0v) is 17.3. The third-order valence-electron chi connectivity index (χ3n) is 4.51. The molecule has 0 aliphatic carbocycles. The lowest BCUT2D eigenvalue weighted by atomic mass is 10.2. The maximum absolute atomic E-state index is 13.0. The monoisotopic (exact) mass is 453 g/mol. The van der Waals surface area contributed by atoms with Crippen LogP contribution in [0.15, 0.2) is 88.2 Å². The highest BCUT2D eigenvalue weighted by molar-refractivity contribution is 7.92. The smallest absolute Gasteiger partial charge is 0.338 e. The number of hydrogen-bond donors (Lipinski definition) is 1. The summed E-state index contributed by atoms with van der Waals surface area (Å²) >= 11 is 0. The molecule has 0 aliphatic heterocycles. The van der Waals surface area contributed by atoms with Crippen LogP contribution in [0.2, 0.25) is 0 Å². The topological polar surface area (TPSA) is 103 Å². The number of Topliss-reactive ketones (excluding diaryl/α,β-unsaturated/α-hetero) is 1. The molecule has 0 amide bonds. The first-order valence-electron chi connectivity index (χ1n) is 9.39. The van der Waals surface area contributed by atoms with Crippen LogP contribution in [-0.2, 0) is 14.8 Å². The summed E-state index contributed by atoms with van der Waals surface area (Å²) in [6.45, 7) is -0.566. The summed E-state index contributed by atoms with van der Waals surface area (Å²) in [6, 6.07) is 18.6. The molecule has 32 heavy (non-hydrogen) atoms. The van der Waals surface area contributed by atoms with Crippen LogP contribution in [0.4, 0.5) is 10.1 Å². The quantitative estimate of drug-likeness (QED) is 0.328. The molecule has 9 heteroatoms. The van der Waals surface area contributed by atoms with Gasteiger partial charge in [0.25, 0.3) is 10.0 Å². The van der Waals surface area contributed by atoms with Gasteiger partial charge in [0.2, 0.25) is 5.78 Å². The molecule has 7 nitrogen and oxygen atoms in total. The number of furan rings is 1. The van der Waals surface area contributed by atoms with Crippen molar-refractivity contribution in [3.63, 3.8) is 0 Å². The van der Waals surface area contributed by atoms with Crippen LogP contribution in [0.5, 0.6) is 0 Å². The highest BCUT2D eigenvalue weighted by Gasteiger charge is 2.19. The van der Waals surface area contributed by atoms with Crippen LogP contribution in [0, 0.1) is 5.82 Å². The lowest BCUT2D eigenvalue weighted by Crippen LogP contribution is -2.16. The number of esters is 1. The summed E-state index contributed by atoms with van der Waals surface area (Å²) in [7, 11) is -4.03. The van der Waals surface area contributed by atoms with Gasteiger partial charge in [0, 0.05) is 11.1 Å². The van der Waals surface area contributed by atoms with E-state index in [-0.39, 0.29) is 21.9 Å². The molecule has 0 bridgehead atoms. The summed E-state index contributed by atoms with van der Waals surface area (Å²) in [5, 5.41) is 0.744. The van der Waals surface area contributed by atoms with E-state index in [4.69, 9.17) is 9.15 Å². The number of anilines is 1. The fourth-order valence-electron chi connectivity index (χ4n) is 2.93. The van der Waals surface area contributed by atoms with E-state index in [1.165, 1.54) is 30.3 Å². The van der Waals surface area contributed by atoms with E-state index < -0.39 is 34.2 Å². The molecule has 0 fully saturated rings. The van der Waals surface area contributed by atoms with E-state index in [9.17, 15) is 22.4 Å². The molecule has 0 aliphatic rings. The third-order valence-corrected chi connectivity index (χ3v) is 5.89. The number of ether oxygens (including phenoxy) is 1.